The molecule has 9 heteroatoms. The highest BCUT2D eigenvalue weighted by atomic mass is 127. The van der Waals surface area contributed by atoms with Crippen molar-refractivity contribution in [1.82, 2.24) is 15.5 Å². The first-order valence-corrected chi connectivity index (χ1v) is 8.50. The molecule has 0 radical (unpaired) electrons. The van der Waals surface area contributed by atoms with Crippen LogP contribution in [0.2, 0.25) is 0 Å². The molecule has 0 atom stereocenters. The summed E-state index contributed by atoms with van der Waals surface area (Å²) in [5, 5.41) is 6.08. The molecule has 0 aliphatic carbocycles. The highest BCUT2D eigenvalue weighted by Gasteiger charge is 2.30. The molecule has 0 aromatic heterocycles. The number of benzene rings is 1. The van der Waals surface area contributed by atoms with E-state index in [4.69, 9.17) is 0 Å². The zero-order chi connectivity index (χ0) is 19.7. The van der Waals surface area contributed by atoms with Crippen LogP contribution >= 0.6 is 24.0 Å². The summed E-state index contributed by atoms with van der Waals surface area (Å²) in [6.07, 6.45) is -3.64. The Kier molecular flexibility index (Phi) is 11.4. The molecule has 0 aliphatic heterocycles. The van der Waals surface area contributed by atoms with E-state index in [1.54, 1.807) is 0 Å². The lowest BCUT2D eigenvalue weighted by molar-refractivity contribution is -0.157. The fourth-order valence-corrected chi connectivity index (χ4v) is 2.50. The number of aliphatic imine (C=N–C) groups is 1. The lowest BCUT2D eigenvalue weighted by Crippen LogP contribution is -2.40. The van der Waals surface area contributed by atoms with Gasteiger partial charge in [-0.05, 0) is 32.8 Å². The summed E-state index contributed by atoms with van der Waals surface area (Å²) < 4.78 is 36.9. The van der Waals surface area contributed by atoms with E-state index in [2.05, 4.69) is 33.8 Å². The normalized spacial score (nSPS) is 11.6. The van der Waals surface area contributed by atoms with Gasteiger partial charge in [-0.2, -0.15) is 13.2 Å². The van der Waals surface area contributed by atoms with Crippen molar-refractivity contribution in [1.29, 1.82) is 0 Å². The number of hydrogen-bond acceptors (Lipinski definition) is 2. The standard InChI is InChI=1S/C18H27F3N4O.HI/c1-5-22-17(24-11-16(26)25(4)12-18(19,20)21)23-7-6-15-9-13(2)8-14(3)10-15;/h8-10H,5-7,11-12H2,1-4H3,(H2,22,23,24);1H. The number of halogens is 4. The van der Waals surface area contributed by atoms with E-state index in [0.29, 0.717) is 23.9 Å². The molecule has 2 N–H and O–H groups in total. The van der Waals surface area contributed by atoms with Crippen LogP contribution in [0.25, 0.3) is 0 Å². The van der Waals surface area contributed by atoms with Gasteiger partial charge in [0.25, 0.3) is 0 Å². The molecule has 5 nitrogen and oxygen atoms in total. The smallest absolute Gasteiger partial charge is 0.357 e. The average Bonchev–Trinajstić information content (AvgIpc) is 2.49. The Morgan fingerprint density at radius 1 is 1.15 bits per heavy atom. The average molecular weight is 500 g/mol. The second-order valence-corrected chi connectivity index (χ2v) is 6.23. The predicted molar refractivity (Wildman–Crippen MR) is 113 cm³/mol. The molecule has 1 rings (SSSR count). The number of rotatable bonds is 7. The first kappa shape index (κ1) is 25.5. The van der Waals surface area contributed by atoms with Crippen LogP contribution in [-0.2, 0) is 11.2 Å². The lowest BCUT2D eigenvalue weighted by atomic mass is 10.1. The number of likely N-dealkylation sites (N-methyl/N-ethyl adjacent to an activating group) is 1. The number of alkyl halides is 3. The summed E-state index contributed by atoms with van der Waals surface area (Å²) in [5.74, 6) is -0.278. The number of hydrogen-bond donors (Lipinski definition) is 2. The number of nitrogens with zero attached hydrogens (tertiary/aromatic N) is 2. The highest BCUT2D eigenvalue weighted by molar-refractivity contribution is 14.0. The summed E-state index contributed by atoms with van der Waals surface area (Å²) in [5.41, 5.74) is 3.57. The monoisotopic (exact) mass is 500 g/mol. The van der Waals surface area contributed by atoms with Gasteiger partial charge in [-0.3, -0.25) is 4.79 Å². The van der Waals surface area contributed by atoms with Crippen molar-refractivity contribution in [2.45, 2.75) is 33.4 Å². The molecule has 1 aromatic carbocycles. The number of guanidine groups is 1. The fraction of sp³-hybridized carbons (Fsp3) is 0.556. The molecule has 27 heavy (non-hydrogen) atoms. The van der Waals surface area contributed by atoms with Crippen LogP contribution in [0.15, 0.2) is 23.2 Å². The van der Waals surface area contributed by atoms with Crippen molar-refractivity contribution >= 4 is 35.8 Å². The molecule has 1 aromatic rings. The molecule has 0 saturated carbocycles. The van der Waals surface area contributed by atoms with Gasteiger partial charge < -0.3 is 15.5 Å². The molecule has 0 spiro atoms. The fourth-order valence-electron chi connectivity index (χ4n) is 2.50. The van der Waals surface area contributed by atoms with Gasteiger partial charge in [-0.25, -0.2) is 4.99 Å². The van der Waals surface area contributed by atoms with Crippen molar-refractivity contribution < 1.29 is 18.0 Å². The molecule has 0 fully saturated rings. The van der Waals surface area contributed by atoms with E-state index < -0.39 is 18.6 Å². The van der Waals surface area contributed by atoms with Crippen LogP contribution in [0.3, 0.4) is 0 Å². The maximum Gasteiger partial charge on any atom is 0.406 e. The maximum absolute atomic E-state index is 12.3. The number of carbonyl (C=O) groups is 1. The molecule has 0 unspecified atom stereocenters. The van der Waals surface area contributed by atoms with Crippen LogP contribution in [0, 0.1) is 13.8 Å². The van der Waals surface area contributed by atoms with E-state index in [1.165, 1.54) is 16.7 Å². The highest BCUT2D eigenvalue weighted by Crippen LogP contribution is 2.15. The minimum absolute atomic E-state index is 0. The molecule has 0 heterocycles. The van der Waals surface area contributed by atoms with Crippen molar-refractivity contribution in [3.8, 4) is 0 Å². The SMILES string of the molecule is CCNC(=NCC(=O)N(C)CC(F)(F)F)NCCc1cc(C)cc(C)c1.I. The molecule has 0 saturated heterocycles. The molecule has 0 aliphatic rings. The molecular weight excluding hydrogens is 472 g/mol. The Bertz CT molecular complexity index is 615. The number of amides is 1. The van der Waals surface area contributed by atoms with E-state index in [0.717, 1.165) is 13.5 Å². The zero-order valence-corrected chi connectivity index (χ0v) is 18.4. The first-order valence-electron chi connectivity index (χ1n) is 8.50. The third kappa shape index (κ3) is 11.0. The third-order valence-corrected chi connectivity index (χ3v) is 3.55. The number of nitrogens with one attached hydrogen (secondary N) is 2. The summed E-state index contributed by atoms with van der Waals surface area (Å²) in [6, 6.07) is 6.31. The van der Waals surface area contributed by atoms with E-state index >= 15 is 0 Å². The van der Waals surface area contributed by atoms with Gasteiger partial charge in [0.2, 0.25) is 5.91 Å². The Labute approximate surface area is 175 Å². The predicted octanol–water partition coefficient (Wildman–Crippen LogP) is 3.04. The first-order chi connectivity index (χ1) is 12.1. The minimum Gasteiger partial charge on any atom is -0.357 e. The van der Waals surface area contributed by atoms with Gasteiger partial charge in [0, 0.05) is 20.1 Å². The van der Waals surface area contributed by atoms with Crippen molar-refractivity contribution in [2.75, 3.05) is 33.2 Å². The van der Waals surface area contributed by atoms with E-state index in [-0.39, 0.29) is 30.5 Å². The van der Waals surface area contributed by atoms with Gasteiger partial charge in [0.05, 0.1) is 0 Å². The topological polar surface area (TPSA) is 56.7 Å². The molecule has 0 bridgehead atoms. The second kappa shape index (κ2) is 12.0. The zero-order valence-electron chi connectivity index (χ0n) is 16.1. The quantitative estimate of drug-likeness (QED) is 0.344. The van der Waals surface area contributed by atoms with E-state index in [9.17, 15) is 18.0 Å². The summed E-state index contributed by atoms with van der Waals surface area (Å²) in [4.78, 5) is 16.5. The maximum atomic E-state index is 12.3. The van der Waals surface area contributed by atoms with Crippen LogP contribution in [0.5, 0.6) is 0 Å². The minimum atomic E-state index is -4.41. The van der Waals surface area contributed by atoms with Gasteiger partial charge in [0.15, 0.2) is 5.96 Å². The number of carbonyl (C=O) groups excluding carboxylic acids is 1. The Hall–Kier alpha value is -1.52. The summed E-state index contributed by atoms with van der Waals surface area (Å²) in [7, 11) is 1.12. The third-order valence-electron chi connectivity index (χ3n) is 3.55. The Morgan fingerprint density at radius 2 is 1.74 bits per heavy atom. The summed E-state index contributed by atoms with van der Waals surface area (Å²) >= 11 is 0. The van der Waals surface area contributed by atoms with Crippen LogP contribution in [0.4, 0.5) is 13.2 Å². The van der Waals surface area contributed by atoms with Gasteiger partial charge in [0.1, 0.15) is 13.1 Å². The van der Waals surface area contributed by atoms with Gasteiger partial charge in [-0.1, -0.05) is 29.3 Å². The number of aryl methyl sites for hydroxylation is 2. The lowest BCUT2D eigenvalue weighted by Gasteiger charge is -2.18. The van der Waals surface area contributed by atoms with E-state index in [1.807, 2.05) is 20.8 Å². The molecule has 1 amide bonds. The summed E-state index contributed by atoms with van der Waals surface area (Å²) in [6.45, 7) is 5.52. The van der Waals surface area contributed by atoms with Gasteiger partial charge in [-0.15, -0.1) is 24.0 Å². The molecule has 154 valence electrons. The van der Waals surface area contributed by atoms with Crippen molar-refractivity contribution in [2.24, 2.45) is 4.99 Å². The van der Waals surface area contributed by atoms with Crippen molar-refractivity contribution in [3.63, 3.8) is 0 Å². The van der Waals surface area contributed by atoms with Crippen LogP contribution in [-0.4, -0.2) is 56.2 Å². The van der Waals surface area contributed by atoms with Crippen LogP contribution < -0.4 is 10.6 Å². The second-order valence-electron chi connectivity index (χ2n) is 6.23. The Morgan fingerprint density at radius 3 is 2.26 bits per heavy atom. The largest absolute Gasteiger partial charge is 0.406 e. The van der Waals surface area contributed by atoms with Gasteiger partial charge >= 0.3 is 6.18 Å². The molecular formula is C18H28F3IN4O. The van der Waals surface area contributed by atoms with Crippen molar-refractivity contribution in [3.05, 3.63) is 34.9 Å². The Balaban J connectivity index is 0.00000676. The van der Waals surface area contributed by atoms with Crippen LogP contribution in [0.1, 0.15) is 23.6 Å².